The maximum absolute atomic E-state index is 11.2. The van der Waals surface area contributed by atoms with E-state index in [1.165, 1.54) is 12.7 Å². The Morgan fingerprint density at radius 1 is 1.24 bits per heavy atom. The third kappa shape index (κ3) is 5.87. The molecule has 0 aromatic rings. The van der Waals surface area contributed by atoms with Crippen LogP contribution in [0.4, 0.5) is 0 Å². The molecule has 1 saturated carbocycles. The molecule has 1 N–H and O–H groups in total. The van der Waals surface area contributed by atoms with Crippen molar-refractivity contribution in [3.63, 3.8) is 0 Å². The molecule has 0 radical (unpaired) electrons. The van der Waals surface area contributed by atoms with Gasteiger partial charge in [0.1, 0.15) is 0 Å². The van der Waals surface area contributed by atoms with E-state index in [0.29, 0.717) is 11.3 Å². The number of hydrogen-bond acceptors (Lipinski definition) is 2. The van der Waals surface area contributed by atoms with Crippen LogP contribution in [0, 0.1) is 17.3 Å². The highest BCUT2D eigenvalue weighted by Gasteiger charge is 2.31. The Morgan fingerprint density at radius 3 is 2.24 bits per heavy atom. The predicted molar refractivity (Wildman–Crippen MR) is 72.3 cm³/mol. The molecule has 0 aromatic heterocycles. The van der Waals surface area contributed by atoms with E-state index in [-0.39, 0.29) is 6.04 Å². The van der Waals surface area contributed by atoms with Crippen LogP contribution >= 0.6 is 0 Å². The van der Waals surface area contributed by atoms with Gasteiger partial charge in [0.15, 0.2) is 0 Å². The van der Waals surface area contributed by atoms with Gasteiger partial charge in [-0.05, 0) is 42.9 Å². The molecule has 17 heavy (non-hydrogen) atoms. The maximum Gasteiger partial charge on any atom is 0.208 e. The summed E-state index contributed by atoms with van der Waals surface area (Å²) in [5.74, 6) is 1.20. The number of nitrogens with one attached hydrogen (secondary N) is 1. The van der Waals surface area contributed by atoms with Crippen molar-refractivity contribution in [2.75, 3.05) is 6.26 Å². The van der Waals surface area contributed by atoms with Gasteiger partial charge >= 0.3 is 0 Å². The molecule has 0 spiro atoms. The average Bonchev–Trinajstić information content (AvgIpc) is 2.05. The van der Waals surface area contributed by atoms with E-state index in [1.807, 2.05) is 0 Å². The predicted octanol–water partition coefficient (Wildman–Crippen LogP) is 2.78. The van der Waals surface area contributed by atoms with Crippen LogP contribution in [-0.4, -0.2) is 20.7 Å². The minimum absolute atomic E-state index is 0.140. The Kier molecular flexibility index (Phi) is 4.64. The van der Waals surface area contributed by atoms with E-state index in [4.69, 9.17) is 0 Å². The molecule has 1 aliphatic rings. The molecule has 0 saturated heterocycles. The Morgan fingerprint density at radius 2 is 1.82 bits per heavy atom. The van der Waals surface area contributed by atoms with E-state index in [9.17, 15) is 8.42 Å². The second-order valence-corrected chi connectivity index (χ2v) is 8.70. The highest BCUT2D eigenvalue weighted by atomic mass is 32.2. The normalized spacial score (nSPS) is 31.5. The van der Waals surface area contributed by atoms with E-state index in [1.54, 1.807) is 0 Å². The summed E-state index contributed by atoms with van der Waals surface area (Å²) in [5.41, 5.74) is 0.376. The Balaban J connectivity index is 2.50. The second kappa shape index (κ2) is 5.27. The van der Waals surface area contributed by atoms with Crippen molar-refractivity contribution in [3.8, 4) is 0 Å². The fourth-order valence-electron chi connectivity index (χ4n) is 3.01. The van der Waals surface area contributed by atoms with Crippen LogP contribution in [0.15, 0.2) is 0 Å². The zero-order valence-corrected chi connectivity index (χ0v) is 12.6. The second-order valence-electron chi connectivity index (χ2n) is 6.92. The minimum Gasteiger partial charge on any atom is -0.213 e. The van der Waals surface area contributed by atoms with Crippen molar-refractivity contribution in [2.24, 2.45) is 17.3 Å². The molecule has 102 valence electrons. The van der Waals surface area contributed by atoms with Gasteiger partial charge in [0.25, 0.3) is 0 Å². The van der Waals surface area contributed by atoms with E-state index in [2.05, 4.69) is 32.4 Å². The van der Waals surface area contributed by atoms with Gasteiger partial charge in [0, 0.05) is 6.04 Å². The van der Waals surface area contributed by atoms with Crippen molar-refractivity contribution in [3.05, 3.63) is 0 Å². The summed E-state index contributed by atoms with van der Waals surface area (Å²) < 4.78 is 25.3. The maximum atomic E-state index is 11.2. The quantitative estimate of drug-likeness (QED) is 0.849. The molecule has 3 unspecified atom stereocenters. The fraction of sp³-hybridized carbons (Fsp3) is 1.00. The molecule has 0 amide bonds. The van der Waals surface area contributed by atoms with Gasteiger partial charge in [0.2, 0.25) is 10.0 Å². The van der Waals surface area contributed by atoms with Crippen LogP contribution in [0.5, 0.6) is 0 Å². The first-order valence-corrected chi connectivity index (χ1v) is 8.43. The molecule has 1 aliphatic carbocycles. The van der Waals surface area contributed by atoms with Crippen molar-refractivity contribution in [2.45, 2.75) is 59.4 Å². The molecule has 0 aliphatic heterocycles. The van der Waals surface area contributed by atoms with Gasteiger partial charge in [-0.25, -0.2) is 13.1 Å². The topological polar surface area (TPSA) is 46.2 Å². The largest absolute Gasteiger partial charge is 0.213 e. The molecule has 0 heterocycles. The van der Waals surface area contributed by atoms with Crippen LogP contribution in [0.25, 0.3) is 0 Å². The Bertz CT molecular complexity index is 343. The first kappa shape index (κ1) is 15.0. The zero-order valence-electron chi connectivity index (χ0n) is 11.8. The number of sulfonamides is 1. The summed E-state index contributed by atoms with van der Waals surface area (Å²) in [5, 5.41) is 0. The van der Waals surface area contributed by atoms with Crippen LogP contribution < -0.4 is 4.72 Å². The van der Waals surface area contributed by atoms with Crippen molar-refractivity contribution < 1.29 is 8.42 Å². The lowest BCUT2D eigenvalue weighted by molar-refractivity contribution is 0.181. The van der Waals surface area contributed by atoms with Crippen LogP contribution in [-0.2, 0) is 10.0 Å². The lowest BCUT2D eigenvalue weighted by atomic mass is 9.73. The molecular formula is C13H27NO2S. The lowest BCUT2D eigenvalue weighted by Crippen LogP contribution is -2.42. The van der Waals surface area contributed by atoms with Gasteiger partial charge in [-0.2, -0.15) is 0 Å². The zero-order chi connectivity index (χ0) is 13.3. The number of rotatable bonds is 3. The summed E-state index contributed by atoms with van der Waals surface area (Å²) in [7, 11) is -3.06. The Labute approximate surface area is 106 Å². The fourth-order valence-corrected chi connectivity index (χ4v) is 3.91. The molecular weight excluding hydrogens is 234 g/mol. The first-order valence-electron chi connectivity index (χ1n) is 6.54. The molecule has 0 aromatic carbocycles. The first-order chi connectivity index (χ1) is 7.57. The minimum atomic E-state index is -3.06. The third-order valence-corrected chi connectivity index (χ3v) is 4.28. The SMILES string of the molecule is CC1CC(CC(C)(C)C)CCC1NS(C)(=O)=O. The van der Waals surface area contributed by atoms with E-state index < -0.39 is 10.0 Å². The summed E-state index contributed by atoms with van der Waals surface area (Å²) in [6, 6.07) is 0.140. The summed E-state index contributed by atoms with van der Waals surface area (Å²) in [6.45, 7) is 8.99. The van der Waals surface area contributed by atoms with Crippen LogP contribution in [0.1, 0.15) is 53.4 Å². The van der Waals surface area contributed by atoms with Gasteiger partial charge in [-0.15, -0.1) is 0 Å². The molecule has 3 nitrogen and oxygen atoms in total. The molecule has 1 fully saturated rings. The van der Waals surface area contributed by atoms with Crippen molar-refractivity contribution in [1.29, 1.82) is 0 Å². The standard InChI is InChI=1S/C13H27NO2S/c1-10-8-11(9-13(2,3)4)6-7-12(10)14-17(5,15)16/h10-12,14H,6-9H2,1-5H3. The summed E-state index contributed by atoms with van der Waals surface area (Å²) in [4.78, 5) is 0. The highest BCUT2D eigenvalue weighted by Crippen LogP contribution is 2.36. The molecule has 3 atom stereocenters. The lowest BCUT2D eigenvalue weighted by Gasteiger charge is -2.36. The van der Waals surface area contributed by atoms with Gasteiger partial charge in [-0.3, -0.25) is 0 Å². The van der Waals surface area contributed by atoms with E-state index >= 15 is 0 Å². The van der Waals surface area contributed by atoms with Crippen LogP contribution in [0.2, 0.25) is 0 Å². The van der Waals surface area contributed by atoms with Gasteiger partial charge < -0.3 is 0 Å². The van der Waals surface area contributed by atoms with E-state index in [0.717, 1.165) is 25.2 Å². The third-order valence-electron chi connectivity index (χ3n) is 3.54. The average molecular weight is 261 g/mol. The Hall–Kier alpha value is -0.0900. The monoisotopic (exact) mass is 261 g/mol. The molecule has 4 heteroatoms. The number of hydrogen-bond donors (Lipinski definition) is 1. The summed E-state index contributed by atoms with van der Waals surface area (Å²) >= 11 is 0. The van der Waals surface area contributed by atoms with Crippen molar-refractivity contribution >= 4 is 10.0 Å². The van der Waals surface area contributed by atoms with Gasteiger partial charge in [-0.1, -0.05) is 27.7 Å². The molecule has 1 rings (SSSR count). The van der Waals surface area contributed by atoms with Gasteiger partial charge in [0.05, 0.1) is 6.26 Å². The van der Waals surface area contributed by atoms with Crippen LogP contribution in [0.3, 0.4) is 0 Å². The molecule has 0 bridgehead atoms. The highest BCUT2D eigenvalue weighted by molar-refractivity contribution is 7.88. The summed E-state index contributed by atoms with van der Waals surface area (Å²) in [6.07, 6.45) is 5.76. The smallest absolute Gasteiger partial charge is 0.208 e. The van der Waals surface area contributed by atoms with Crippen molar-refractivity contribution in [1.82, 2.24) is 4.72 Å².